The first-order chi connectivity index (χ1) is 10.1. The summed E-state index contributed by atoms with van der Waals surface area (Å²) in [6.45, 7) is 6.48. The lowest BCUT2D eigenvalue weighted by Gasteiger charge is -2.20. The van der Waals surface area contributed by atoms with Crippen LogP contribution in [0.15, 0.2) is 0 Å². The van der Waals surface area contributed by atoms with Crippen molar-refractivity contribution in [2.24, 2.45) is 0 Å². The molecule has 2 rings (SSSR count). The van der Waals surface area contributed by atoms with Crippen molar-refractivity contribution < 1.29 is 4.79 Å². The largest absolute Gasteiger partial charge is 0.357 e. The standard InChI is InChI=1S/C13H23N7O/c1-5-20(6-2)13-17-11(14-3)16-12(18-13)15-9-7-8-19(4)10(9)21/h9H,5-8H2,1-4H3,(H2,14,15,16,17,18). The SMILES string of the molecule is CCN(CC)c1nc(NC)nc(NC2CCN(C)C2=O)n1. The number of anilines is 3. The summed E-state index contributed by atoms with van der Waals surface area (Å²) in [7, 11) is 3.57. The number of hydrogen-bond acceptors (Lipinski definition) is 7. The topological polar surface area (TPSA) is 86.3 Å². The first-order valence-electron chi connectivity index (χ1n) is 7.29. The quantitative estimate of drug-likeness (QED) is 0.785. The van der Waals surface area contributed by atoms with Crippen molar-refractivity contribution in [3.8, 4) is 0 Å². The lowest BCUT2D eigenvalue weighted by molar-refractivity contribution is -0.127. The molecule has 1 aromatic heterocycles. The Morgan fingerprint density at radius 3 is 2.43 bits per heavy atom. The van der Waals surface area contributed by atoms with Gasteiger partial charge in [-0.05, 0) is 20.3 Å². The van der Waals surface area contributed by atoms with E-state index in [0.717, 1.165) is 26.1 Å². The van der Waals surface area contributed by atoms with E-state index >= 15 is 0 Å². The van der Waals surface area contributed by atoms with E-state index in [2.05, 4.69) is 39.4 Å². The molecule has 1 aliphatic rings. The number of nitrogens with zero attached hydrogens (tertiary/aromatic N) is 5. The number of amides is 1. The fourth-order valence-corrected chi connectivity index (χ4v) is 2.30. The molecule has 0 bridgehead atoms. The van der Waals surface area contributed by atoms with Gasteiger partial charge in [0.15, 0.2) is 0 Å². The number of rotatable bonds is 6. The summed E-state index contributed by atoms with van der Waals surface area (Å²) >= 11 is 0. The second-order valence-electron chi connectivity index (χ2n) is 4.95. The van der Waals surface area contributed by atoms with E-state index in [0.29, 0.717) is 17.8 Å². The van der Waals surface area contributed by atoms with Crippen LogP contribution in [0.5, 0.6) is 0 Å². The number of hydrogen-bond donors (Lipinski definition) is 2. The third kappa shape index (κ3) is 3.32. The highest BCUT2D eigenvalue weighted by molar-refractivity contribution is 5.86. The van der Waals surface area contributed by atoms with Gasteiger partial charge in [0.2, 0.25) is 23.8 Å². The van der Waals surface area contributed by atoms with Gasteiger partial charge in [-0.2, -0.15) is 15.0 Å². The second kappa shape index (κ2) is 6.55. The zero-order chi connectivity index (χ0) is 15.4. The van der Waals surface area contributed by atoms with E-state index in [1.54, 1.807) is 19.0 Å². The lowest BCUT2D eigenvalue weighted by Crippen LogP contribution is -2.32. The van der Waals surface area contributed by atoms with Crippen LogP contribution in [0.1, 0.15) is 20.3 Å². The molecule has 0 saturated carbocycles. The van der Waals surface area contributed by atoms with Gasteiger partial charge >= 0.3 is 0 Å². The maximum atomic E-state index is 12.0. The molecule has 0 aromatic carbocycles. The minimum atomic E-state index is -0.258. The average molecular weight is 293 g/mol. The maximum absolute atomic E-state index is 12.0. The Balaban J connectivity index is 2.22. The Hall–Kier alpha value is -2.12. The van der Waals surface area contributed by atoms with Crippen LogP contribution in [0.25, 0.3) is 0 Å². The molecule has 0 aliphatic carbocycles. The molecule has 1 aromatic rings. The summed E-state index contributed by atoms with van der Waals surface area (Å²) in [6, 6.07) is -0.258. The minimum Gasteiger partial charge on any atom is -0.357 e. The molecular weight excluding hydrogens is 270 g/mol. The Labute approximate surface area is 125 Å². The van der Waals surface area contributed by atoms with E-state index in [1.165, 1.54) is 0 Å². The van der Waals surface area contributed by atoms with Gasteiger partial charge in [-0.1, -0.05) is 0 Å². The number of carbonyl (C=O) groups is 1. The van der Waals surface area contributed by atoms with E-state index in [9.17, 15) is 4.79 Å². The molecule has 8 nitrogen and oxygen atoms in total. The Bertz CT molecular complexity index is 503. The smallest absolute Gasteiger partial charge is 0.244 e. The fourth-order valence-electron chi connectivity index (χ4n) is 2.30. The monoisotopic (exact) mass is 293 g/mol. The highest BCUT2D eigenvalue weighted by Gasteiger charge is 2.29. The Morgan fingerprint density at radius 2 is 1.90 bits per heavy atom. The molecule has 2 N–H and O–H groups in total. The predicted octanol–water partition coefficient (Wildman–Crippen LogP) is 0.402. The van der Waals surface area contributed by atoms with Gasteiger partial charge in [-0.25, -0.2) is 0 Å². The van der Waals surface area contributed by atoms with Crippen LogP contribution in [0.4, 0.5) is 17.8 Å². The molecule has 0 radical (unpaired) electrons. The maximum Gasteiger partial charge on any atom is 0.244 e. The average Bonchev–Trinajstić information content (AvgIpc) is 2.80. The third-order valence-electron chi connectivity index (χ3n) is 3.62. The first kappa shape index (κ1) is 15.3. The van der Waals surface area contributed by atoms with Crippen LogP contribution in [0.2, 0.25) is 0 Å². The van der Waals surface area contributed by atoms with Crippen LogP contribution in [-0.4, -0.2) is 65.5 Å². The summed E-state index contributed by atoms with van der Waals surface area (Å²) in [4.78, 5) is 28.8. The molecular formula is C13H23N7O. The van der Waals surface area contributed by atoms with Crippen molar-refractivity contribution in [1.29, 1.82) is 0 Å². The van der Waals surface area contributed by atoms with Crippen molar-refractivity contribution in [3.05, 3.63) is 0 Å². The number of aromatic nitrogens is 3. The fraction of sp³-hybridized carbons (Fsp3) is 0.692. The third-order valence-corrected chi connectivity index (χ3v) is 3.62. The molecule has 1 aliphatic heterocycles. The van der Waals surface area contributed by atoms with Gasteiger partial charge < -0.3 is 20.4 Å². The van der Waals surface area contributed by atoms with E-state index in [-0.39, 0.29) is 11.9 Å². The van der Waals surface area contributed by atoms with Gasteiger partial charge in [0.25, 0.3) is 0 Å². The molecule has 8 heteroatoms. The summed E-state index contributed by atoms with van der Waals surface area (Å²) in [5.74, 6) is 1.62. The second-order valence-corrected chi connectivity index (χ2v) is 4.95. The molecule has 1 amide bonds. The number of carbonyl (C=O) groups excluding carboxylic acids is 1. The molecule has 1 atom stereocenters. The molecule has 1 saturated heterocycles. The Morgan fingerprint density at radius 1 is 1.24 bits per heavy atom. The van der Waals surface area contributed by atoms with Gasteiger partial charge in [-0.3, -0.25) is 4.79 Å². The normalized spacial score (nSPS) is 18.0. The minimum absolute atomic E-state index is 0.0748. The molecule has 2 heterocycles. The number of likely N-dealkylation sites (N-methyl/N-ethyl adjacent to an activating group) is 1. The van der Waals surface area contributed by atoms with Gasteiger partial charge in [-0.15, -0.1) is 0 Å². The van der Waals surface area contributed by atoms with Gasteiger partial charge in [0.05, 0.1) is 0 Å². The first-order valence-corrected chi connectivity index (χ1v) is 7.29. The van der Waals surface area contributed by atoms with Crippen molar-refractivity contribution in [2.75, 3.05) is 49.3 Å². The zero-order valence-electron chi connectivity index (χ0n) is 13.1. The van der Waals surface area contributed by atoms with E-state index in [1.807, 2.05) is 4.90 Å². The van der Waals surface area contributed by atoms with E-state index < -0.39 is 0 Å². The highest BCUT2D eigenvalue weighted by atomic mass is 16.2. The number of nitrogens with one attached hydrogen (secondary N) is 2. The van der Waals surface area contributed by atoms with Gasteiger partial charge in [0, 0.05) is 33.7 Å². The van der Waals surface area contributed by atoms with Crippen LogP contribution >= 0.6 is 0 Å². The predicted molar refractivity (Wildman–Crippen MR) is 82.6 cm³/mol. The summed E-state index contributed by atoms with van der Waals surface area (Å²) < 4.78 is 0. The van der Waals surface area contributed by atoms with Crippen LogP contribution in [0.3, 0.4) is 0 Å². The summed E-state index contributed by atoms with van der Waals surface area (Å²) in [5, 5.41) is 6.05. The highest BCUT2D eigenvalue weighted by Crippen LogP contribution is 2.17. The summed E-state index contributed by atoms with van der Waals surface area (Å²) in [6.07, 6.45) is 0.760. The van der Waals surface area contributed by atoms with Crippen LogP contribution < -0.4 is 15.5 Å². The van der Waals surface area contributed by atoms with Crippen LogP contribution in [0, 0.1) is 0 Å². The molecule has 1 unspecified atom stereocenters. The molecule has 21 heavy (non-hydrogen) atoms. The molecule has 116 valence electrons. The Kier molecular flexibility index (Phi) is 4.77. The number of likely N-dealkylation sites (tertiary alicyclic amines) is 1. The summed E-state index contributed by atoms with van der Waals surface area (Å²) in [5.41, 5.74) is 0. The van der Waals surface area contributed by atoms with Gasteiger partial charge in [0.1, 0.15) is 6.04 Å². The van der Waals surface area contributed by atoms with Crippen molar-refractivity contribution in [3.63, 3.8) is 0 Å². The molecule has 0 spiro atoms. The van der Waals surface area contributed by atoms with Crippen LogP contribution in [-0.2, 0) is 4.79 Å². The molecule has 1 fully saturated rings. The zero-order valence-corrected chi connectivity index (χ0v) is 13.1. The van der Waals surface area contributed by atoms with Crippen molar-refractivity contribution in [2.45, 2.75) is 26.3 Å². The van der Waals surface area contributed by atoms with Crippen molar-refractivity contribution in [1.82, 2.24) is 19.9 Å². The lowest BCUT2D eigenvalue weighted by atomic mass is 10.2. The van der Waals surface area contributed by atoms with E-state index in [4.69, 9.17) is 0 Å². The van der Waals surface area contributed by atoms with Crippen molar-refractivity contribution >= 4 is 23.8 Å².